The van der Waals surface area contributed by atoms with Crippen molar-refractivity contribution in [2.45, 2.75) is 0 Å². The molecule has 0 aliphatic rings. The van der Waals surface area contributed by atoms with Crippen molar-refractivity contribution in [1.82, 2.24) is 5.32 Å². The summed E-state index contributed by atoms with van der Waals surface area (Å²) in [7, 11) is -8.39. The molecule has 0 aliphatic carbocycles. The van der Waals surface area contributed by atoms with Crippen LogP contribution in [0.15, 0.2) is 0 Å². The van der Waals surface area contributed by atoms with Gasteiger partial charge in [0.25, 0.3) is 0 Å². The molecule has 0 rings (SSSR count). The summed E-state index contributed by atoms with van der Waals surface area (Å²) in [6.45, 7) is 0. The number of hydrogen-bond donors (Lipinski definition) is 6. The SMILES string of the molecule is O=P(O)(O)CNC[PH](O)(O)O. The average molecular weight is 207 g/mol. The van der Waals surface area contributed by atoms with Gasteiger partial charge in [0, 0.05) is 0 Å². The zero-order valence-corrected chi connectivity index (χ0v) is 7.40. The Hall–Kier alpha value is 0.420. The summed E-state index contributed by atoms with van der Waals surface area (Å²) < 4.78 is 10.1. The predicted octanol–water partition coefficient (Wildman–Crippen LogP) is -1.86. The Morgan fingerprint density at radius 1 is 1.27 bits per heavy atom. The second kappa shape index (κ2) is 3.89. The minimum atomic E-state index is -4.21. The summed E-state index contributed by atoms with van der Waals surface area (Å²) in [5.74, 6) is 0. The van der Waals surface area contributed by atoms with Crippen molar-refractivity contribution < 1.29 is 29.0 Å². The summed E-state index contributed by atoms with van der Waals surface area (Å²) >= 11 is 0. The van der Waals surface area contributed by atoms with Crippen molar-refractivity contribution in [1.29, 1.82) is 0 Å². The van der Waals surface area contributed by atoms with Gasteiger partial charge in [0.2, 0.25) is 0 Å². The predicted molar refractivity (Wildman–Crippen MR) is 39.9 cm³/mol. The van der Waals surface area contributed by atoms with Gasteiger partial charge in [0.1, 0.15) is 0 Å². The van der Waals surface area contributed by atoms with Crippen LogP contribution in [0.4, 0.5) is 0 Å². The molecule has 11 heavy (non-hydrogen) atoms. The summed E-state index contributed by atoms with van der Waals surface area (Å²) in [4.78, 5) is 41.5. The molecule has 0 aromatic rings. The van der Waals surface area contributed by atoms with Gasteiger partial charge < -0.3 is 0 Å². The van der Waals surface area contributed by atoms with E-state index in [-0.39, 0.29) is 0 Å². The van der Waals surface area contributed by atoms with Crippen LogP contribution in [0.5, 0.6) is 0 Å². The quantitative estimate of drug-likeness (QED) is 0.298. The Bertz CT molecular complexity index is 158. The van der Waals surface area contributed by atoms with Gasteiger partial charge in [-0.1, -0.05) is 0 Å². The van der Waals surface area contributed by atoms with Crippen molar-refractivity contribution >= 4 is 15.5 Å². The van der Waals surface area contributed by atoms with E-state index in [9.17, 15) is 4.57 Å². The molecule has 0 fully saturated rings. The van der Waals surface area contributed by atoms with E-state index < -0.39 is 28.1 Å². The molecule has 0 aromatic carbocycles. The molecule has 70 valence electrons. The van der Waals surface area contributed by atoms with Crippen LogP contribution in [-0.2, 0) is 4.57 Å². The first kappa shape index (κ1) is 11.4. The Labute approximate surface area is 63.4 Å². The molecule has 0 spiro atoms. The summed E-state index contributed by atoms with van der Waals surface area (Å²) in [5.41, 5.74) is 0. The van der Waals surface area contributed by atoms with Gasteiger partial charge in [-0.3, -0.25) is 0 Å². The molecule has 0 aromatic heterocycles. The summed E-state index contributed by atoms with van der Waals surface area (Å²) in [6, 6.07) is 0. The third-order valence-corrected chi connectivity index (χ3v) is 2.04. The average Bonchev–Trinajstić information content (AvgIpc) is 1.55. The first-order valence-electron chi connectivity index (χ1n) is 2.63. The van der Waals surface area contributed by atoms with Gasteiger partial charge in [-0.05, 0) is 0 Å². The van der Waals surface area contributed by atoms with Gasteiger partial charge in [0.05, 0.1) is 0 Å². The maximum absolute atomic E-state index is 10.1. The van der Waals surface area contributed by atoms with E-state index in [0.717, 1.165) is 0 Å². The molecule has 0 atom stereocenters. The van der Waals surface area contributed by atoms with Crippen LogP contribution in [-0.4, -0.2) is 37.0 Å². The second-order valence-electron chi connectivity index (χ2n) is 2.02. The van der Waals surface area contributed by atoms with Crippen LogP contribution >= 0.6 is 15.5 Å². The molecule has 0 bridgehead atoms. The standard InChI is InChI=1S/C2H11NO6P2/c4-10(5,6)1-3-2-11(7,8)9/h3-6,10H,1-2H2,(H2,7,8,9). The van der Waals surface area contributed by atoms with E-state index >= 15 is 0 Å². The molecular formula is C2H11NO6P2. The fraction of sp³-hybridized carbons (Fsp3) is 1.00. The van der Waals surface area contributed by atoms with Crippen molar-refractivity contribution in [2.24, 2.45) is 0 Å². The maximum atomic E-state index is 10.1. The Morgan fingerprint density at radius 3 is 2.00 bits per heavy atom. The van der Waals surface area contributed by atoms with Crippen molar-refractivity contribution in [3.63, 3.8) is 0 Å². The summed E-state index contributed by atoms with van der Waals surface area (Å²) in [5, 5.41) is 2.01. The fourth-order valence-electron chi connectivity index (χ4n) is 0.369. The number of hydrogen-bond acceptors (Lipinski definition) is 5. The van der Waals surface area contributed by atoms with Crippen LogP contribution in [0.3, 0.4) is 0 Å². The minimum absolute atomic E-state index is 0.585. The Morgan fingerprint density at radius 2 is 1.73 bits per heavy atom. The molecule has 0 radical (unpaired) electrons. The third-order valence-electron chi connectivity index (χ3n) is 0.680. The number of nitrogens with one attached hydrogen (secondary N) is 1. The van der Waals surface area contributed by atoms with Crippen LogP contribution < -0.4 is 5.32 Å². The van der Waals surface area contributed by atoms with Gasteiger partial charge in [-0.2, -0.15) is 0 Å². The number of rotatable bonds is 4. The monoisotopic (exact) mass is 207 g/mol. The molecule has 0 aliphatic heterocycles. The zero-order valence-electron chi connectivity index (χ0n) is 5.51. The van der Waals surface area contributed by atoms with Crippen molar-refractivity contribution in [2.75, 3.05) is 12.6 Å². The molecule has 0 heterocycles. The molecule has 9 heteroatoms. The van der Waals surface area contributed by atoms with Crippen molar-refractivity contribution in [3.05, 3.63) is 0 Å². The molecule has 0 saturated heterocycles. The topological polar surface area (TPSA) is 130 Å². The van der Waals surface area contributed by atoms with Crippen LogP contribution in [0.1, 0.15) is 0 Å². The van der Waals surface area contributed by atoms with Gasteiger partial charge in [0.15, 0.2) is 0 Å². The Kier molecular flexibility index (Phi) is 4.04. The molecule has 0 unspecified atom stereocenters. The fourth-order valence-corrected chi connectivity index (χ4v) is 1.44. The molecule has 0 saturated carbocycles. The van der Waals surface area contributed by atoms with Crippen molar-refractivity contribution in [3.8, 4) is 0 Å². The van der Waals surface area contributed by atoms with Gasteiger partial charge in [-0.25, -0.2) is 0 Å². The zero-order chi connectivity index (χ0) is 9.12. The molecule has 6 N–H and O–H groups in total. The van der Waals surface area contributed by atoms with E-state index in [1.807, 2.05) is 5.32 Å². The summed E-state index contributed by atoms with van der Waals surface area (Å²) in [6.07, 6.45) is -1.26. The van der Waals surface area contributed by atoms with Crippen LogP contribution in [0.25, 0.3) is 0 Å². The van der Waals surface area contributed by atoms with Crippen LogP contribution in [0.2, 0.25) is 0 Å². The molecule has 7 nitrogen and oxygen atoms in total. The Balaban J connectivity index is 3.52. The van der Waals surface area contributed by atoms with E-state index in [1.165, 1.54) is 0 Å². The van der Waals surface area contributed by atoms with E-state index in [4.69, 9.17) is 24.5 Å². The first-order chi connectivity index (χ1) is 4.71. The molecular weight excluding hydrogens is 196 g/mol. The van der Waals surface area contributed by atoms with E-state index in [0.29, 0.717) is 0 Å². The van der Waals surface area contributed by atoms with E-state index in [2.05, 4.69) is 0 Å². The van der Waals surface area contributed by atoms with Crippen LogP contribution in [0, 0.1) is 0 Å². The first-order valence-corrected chi connectivity index (χ1v) is 6.48. The van der Waals surface area contributed by atoms with Gasteiger partial charge in [-0.15, -0.1) is 0 Å². The normalized spacial score (nSPS) is 15.0. The molecule has 0 amide bonds. The third kappa shape index (κ3) is 10.4. The second-order valence-corrected chi connectivity index (χ2v) is 5.57. The van der Waals surface area contributed by atoms with Gasteiger partial charge >= 0.3 is 62.5 Å². The van der Waals surface area contributed by atoms with E-state index in [1.54, 1.807) is 0 Å².